The van der Waals surface area contributed by atoms with Gasteiger partial charge < -0.3 is 20.9 Å². The molecule has 6 rings (SSSR count). The van der Waals surface area contributed by atoms with Gasteiger partial charge in [0, 0.05) is 49.8 Å². The number of hydrogen-bond acceptors (Lipinski definition) is 6. The number of benzene rings is 4. The largest absolute Gasteiger partial charge is 0.361 e. The van der Waals surface area contributed by atoms with Gasteiger partial charge in [0.2, 0.25) is 5.91 Å². The summed E-state index contributed by atoms with van der Waals surface area (Å²) >= 11 is 2.64. The lowest BCUT2D eigenvalue weighted by molar-refractivity contribution is -0.115. The summed E-state index contributed by atoms with van der Waals surface area (Å²) in [5, 5.41) is 21.3. The minimum Gasteiger partial charge on any atom is -0.361 e. The Hall–Kier alpha value is -5.89. The number of aromatic amines is 1. The summed E-state index contributed by atoms with van der Waals surface area (Å²) in [7, 11) is 0. The van der Waals surface area contributed by atoms with Crippen molar-refractivity contribution in [2.45, 2.75) is 24.0 Å². The van der Waals surface area contributed by atoms with Crippen molar-refractivity contribution in [3.05, 3.63) is 143 Å². The third-order valence-electron chi connectivity index (χ3n) is 7.73. The summed E-state index contributed by atoms with van der Waals surface area (Å²) in [6.07, 6.45) is 3.43. The molecule has 4 aromatic carbocycles. The highest BCUT2D eigenvalue weighted by molar-refractivity contribution is 8.00. The van der Waals surface area contributed by atoms with Crippen molar-refractivity contribution < 1.29 is 14.4 Å². The summed E-state index contributed by atoms with van der Waals surface area (Å²) in [6, 6.07) is 33.7. The first kappa shape index (κ1) is 33.0. The van der Waals surface area contributed by atoms with Crippen LogP contribution in [0.3, 0.4) is 0 Å². The topological polar surface area (TPSA) is 127 Å². The Bertz CT molecular complexity index is 2230. The number of rotatable bonds is 10. The molecule has 0 aliphatic carbocycles. The molecule has 4 N–H and O–H groups in total. The maximum absolute atomic E-state index is 13.7. The summed E-state index contributed by atoms with van der Waals surface area (Å²) < 4.78 is 0. The summed E-state index contributed by atoms with van der Waals surface area (Å²) in [6.45, 7) is 3.79. The molecular weight excluding hydrogens is 651 g/mol. The average Bonchev–Trinajstić information content (AvgIpc) is 3.72. The number of nitrogens with one attached hydrogen (secondary N) is 4. The van der Waals surface area contributed by atoms with Gasteiger partial charge in [-0.2, -0.15) is 5.26 Å². The number of hydrogen-bond donors (Lipinski definition) is 4. The lowest BCUT2D eigenvalue weighted by Crippen LogP contribution is -2.30. The molecule has 0 saturated carbocycles. The van der Waals surface area contributed by atoms with Crippen LogP contribution in [0.2, 0.25) is 0 Å². The van der Waals surface area contributed by atoms with Crippen molar-refractivity contribution in [1.29, 1.82) is 5.26 Å². The summed E-state index contributed by atoms with van der Waals surface area (Å²) in [5.41, 5.74) is 5.88. The number of carbonyl (C=O) groups excluding carboxylic acids is 3. The Kier molecular flexibility index (Phi) is 10.0. The fourth-order valence-electron chi connectivity index (χ4n) is 5.13. The number of para-hydroxylation sites is 1. The monoisotopic (exact) mass is 681 g/mol. The van der Waals surface area contributed by atoms with Crippen LogP contribution >= 0.6 is 23.1 Å². The van der Waals surface area contributed by atoms with E-state index in [2.05, 4.69) is 27.0 Å². The molecule has 0 aliphatic rings. The zero-order chi connectivity index (χ0) is 34.3. The molecule has 49 heavy (non-hydrogen) atoms. The first-order valence-corrected chi connectivity index (χ1v) is 17.2. The van der Waals surface area contributed by atoms with E-state index in [1.54, 1.807) is 61.7 Å². The van der Waals surface area contributed by atoms with Crippen LogP contribution in [0.1, 0.15) is 34.0 Å². The first-order chi connectivity index (χ1) is 23.8. The van der Waals surface area contributed by atoms with Crippen LogP contribution in [-0.4, -0.2) is 28.0 Å². The van der Waals surface area contributed by atoms with E-state index in [4.69, 9.17) is 0 Å². The molecule has 2 aromatic heterocycles. The van der Waals surface area contributed by atoms with Gasteiger partial charge in [-0.15, -0.1) is 23.1 Å². The highest BCUT2D eigenvalue weighted by Crippen LogP contribution is 2.36. The molecular formula is C39H31N5O3S2. The quantitative estimate of drug-likeness (QED) is 0.0851. The highest BCUT2D eigenvalue weighted by Gasteiger charge is 2.21. The van der Waals surface area contributed by atoms with E-state index < -0.39 is 17.1 Å². The number of amides is 3. The zero-order valence-electron chi connectivity index (χ0n) is 26.6. The first-order valence-electron chi connectivity index (χ1n) is 15.4. The van der Waals surface area contributed by atoms with E-state index >= 15 is 0 Å². The SMILES string of the molecule is Cc1ccc(-c2csc(NC(=O)C(C)Sc3cccc(NC(=O)/C(=C/c4c[nH]c5ccccc45)NC(=O)c4ccccc4)c3)c2C#N)cc1. The van der Waals surface area contributed by atoms with Crippen LogP contribution < -0.4 is 16.0 Å². The van der Waals surface area contributed by atoms with Crippen molar-refractivity contribution in [3.63, 3.8) is 0 Å². The van der Waals surface area contributed by atoms with E-state index in [9.17, 15) is 19.6 Å². The van der Waals surface area contributed by atoms with Crippen molar-refractivity contribution >= 4 is 68.5 Å². The van der Waals surface area contributed by atoms with E-state index in [1.165, 1.54) is 23.1 Å². The van der Waals surface area contributed by atoms with E-state index in [-0.39, 0.29) is 11.6 Å². The Morgan fingerprint density at radius 1 is 0.918 bits per heavy atom. The van der Waals surface area contributed by atoms with Crippen LogP contribution in [0.4, 0.5) is 10.7 Å². The Balaban J connectivity index is 1.16. The maximum atomic E-state index is 13.7. The molecule has 8 nitrogen and oxygen atoms in total. The molecule has 10 heteroatoms. The molecule has 0 saturated heterocycles. The Morgan fingerprint density at radius 2 is 1.67 bits per heavy atom. The molecule has 6 aromatic rings. The van der Waals surface area contributed by atoms with Gasteiger partial charge in [-0.3, -0.25) is 14.4 Å². The molecule has 0 spiro atoms. The van der Waals surface area contributed by atoms with E-state index in [0.29, 0.717) is 21.8 Å². The maximum Gasteiger partial charge on any atom is 0.272 e. The number of thioether (sulfide) groups is 1. The molecule has 1 atom stereocenters. The van der Waals surface area contributed by atoms with Gasteiger partial charge in [-0.05, 0) is 61.9 Å². The smallest absolute Gasteiger partial charge is 0.272 e. The van der Waals surface area contributed by atoms with Crippen molar-refractivity contribution in [2.75, 3.05) is 10.6 Å². The van der Waals surface area contributed by atoms with Gasteiger partial charge in [0.1, 0.15) is 16.8 Å². The molecule has 242 valence electrons. The minimum absolute atomic E-state index is 0.0682. The van der Waals surface area contributed by atoms with Crippen LogP contribution in [-0.2, 0) is 9.59 Å². The van der Waals surface area contributed by atoms with Crippen LogP contribution in [0.15, 0.2) is 125 Å². The highest BCUT2D eigenvalue weighted by atomic mass is 32.2. The van der Waals surface area contributed by atoms with Gasteiger partial charge in [0.05, 0.1) is 10.8 Å². The fourth-order valence-corrected chi connectivity index (χ4v) is 6.98. The van der Waals surface area contributed by atoms with Crippen molar-refractivity contribution in [1.82, 2.24) is 10.3 Å². The standard InChI is InChI=1S/C39H31N5O3S2/c1-24-15-17-26(18-16-24)33-23-48-39(32(33)21-40)44-36(45)25(2)49-30-12-8-11-29(20-30)42-38(47)35(43-37(46)27-9-4-3-5-10-27)19-28-22-41-34-14-7-6-13-31(28)34/h3-20,22-23,25,41H,1-2H3,(H,42,47)(H,43,46)(H,44,45)/b35-19-. The number of nitrogens with zero attached hydrogens (tertiary/aromatic N) is 1. The van der Waals surface area contributed by atoms with Gasteiger partial charge in [-0.1, -0.05) is 72.3 Å². The second-order valence-electron chi connectivity index (χ2n) is 11.2. The zero-order valence-corrected chi connectivity index (χ0v) is 28.2. The summed E-state index contributed by atoms with van der Waals surface area (Å²) in [5.74, 6) is -1.17. The molecule has 0 fully saturated rings. The van der Waals surface area contributed by atoms with Gasteiger partial charge in [0.15, 0.2) is 0 Å². The molecule has 0 aliphatic heterocycles. The predicted molar refractivity (Wildman–Crippen MR) is 198 cm³/mol. The molecule has 3 amide bonds. The molecule has 0 radical (unpaired) electrons. The van der Waals surface area contributed by atoms with Gasteiger partial charge >= 0.3 is 0 Å². The van der Waals surface area contributed by atoms with Crippen LogP contribution in [0, 0.1) is 18.3 Å². The number of aromatic nitrogens is 1. The second kappa shape index (κ2) is 14.9. The lowest BCUT2D eigenvalue weighted by Gasteiger charge is -2.14. The number of carbonyl (C=O) groups is 3. The third kappa shape index (κ3) is 7.81. The van der Waals surface area contributed by atoms with E-state index in [0.717, 1.165) is 38.1 Å². The second-order valence-corrected chi connectivity index (χ2v) is 13.5. The number of aryl methyl sites for hydroxylation is 1. The van der Waals surface area contributed by atoms with Gasteiger partial charge in [0.25, 0.3) is 11.8 Å². The predicted octanol–water partition coefficient (Wildman–Crippen LogP) is 8.61. The normalized spacial score (nSPS) is 11.8. The number of thiophene rings is 1. The van der Waals surface area contributed by atoms with Crippen LogP contribution in [0.25, 0.3) is 28.1 Å². The molecule has 0 bridgehead atoms. The third-order valence-corrected chi connectivity index (χ3v) is 9.72. The average molecular weight is 682 g/mol. The number of H-pyrrole nitrogens is 1. The number of fused-ring (bicyclic) bond motifs is 1. The molecule has 1 unspecified atom stereocenters. The minimum atomic E-state index is -0.509. The van der Waals surface area contributed by atoms with Crippen molar-refractivity contribution in [2.24, 2.45) is 0 Å². The van der Waals surface area contributed by atoms with Crippen molar-refractivity contribution in [3.8, 4) is 17.2 Å². The van der Waals surface area contributed by atoms with E-state index in [1.807, 2.05) is 73.0 Å². The van der Waals surface area contributed by atoms with Gasteiger partial charge in [-0.25, -0.2) is 0 Å². The number of anilines is 2. The summed E-state index contributed by atoms with van der Waals surface area (Å²) in [4.78, 5) is 44.0. The molecule has 2 heterocycles. The Morgan fingerprint density at radius 3 is 2.45 bits per heavy atom. The van der Waals surface area contributed by atoms with Crippen LogP contribution in [0.5, 0.6) is 0 Å². The number of nitriles is 1. The fraction of sp³-hybridized carbons (Fsp3) is 0.0769. The lowest BCUT2D eigenvalue weighted by atomic mass is 10.0. The Labute approximate surface area is 291 Å².